The van der Waals surface area contributed by atoms with Gasteiger partial charge in [0.1, 0.15) is 10.9 Å². The molecule has 1 heterocycles. The van der Waals surface area contributed by atoms with Gasteiger partial charge in [-0.3, -0.25) is 14.5 Å². The first-order valence-corrected chi connectivity index (χ1v) is 10.1. The molecule has 0 aliphatic carbocycles. The lowest BCUT2D eigenvalue weighted by molar-refractivity contribution is -0.128. The molecule has 2 aromatic rings. The van der Waals surface area contributed by atoms with Crippen molar-refractivity contribution < 1.29 is 9.59 Å². The van der Waals surface area contributed by atoms with Crippen LogP contribution >= 0.6 is 24.0 Å². The zero-order valence-corrected chi connectivity index (χ0v) is 16.8. The smallest absolute Gasteiger partial charge is 0.266 e. The van der Waals surface area contributed by atoms with Crippen LogP contribution in [0.25, 0.3) is 6.08 Å². The lowest BCUT2D eigenvalue weighted by atomic mass is 10.1. The van der Waals surface area contributed by atoms with E-state index in [0.29, 0.717) is 15.8 Å². The fraction of sp³-hybridized carbons (Fsp3) is 0.136. The maximum Gasteiger partial charge on any atom is 0.266 e. The second kappa shape index (κ2) is 10.0. The van der Waals surface area contributed by atoms with Gasteiger partial charge in [-0.15, -0.1) is 0 Å². The standard InChI is InChI=1S/C22H20N2O2S2/c25-20(23-15-14-18-10-5-2-6-11-18)16-24-21(26)19(28-22(24)27)13-7-12-17-8-3-1-4-9-17/h1-13H,14-16H2,(H,23,25). The highest BCUT2D eigenvalue weighted by Crippen LogP contribution is 2.30. The fourth-order valence-corrected chi connectivity index (χ4v) is 3.86. The quantitative estimate of drug-likeness (QED) is 0.559. The highest BCUT2D eigenvalue weighted by molar-refractivity contribution is 8.26. The summed E-state index contributed by atoms with van der Waals surface area (Å²) in [4.78, 5) is 26.6. The molecule has 1 N–H and O–H groups in total. The Bertz CT molecular complexity index is 909. The van der Waals surface area contributed by atoms with Gasteiger partial charge in [0.05, 0.1) is 4.91 Å². The predicted octanol–water partition coefficient (Wildman–Crippen LogP) is 3.80. The van der Waals surface area contributed by atoms with Crippen molar-refractivity contribution in [2.45, 2.75) is 6.42 Å². The van der Waals surface area contributed by atoms with Crippen LogP contribution in [0.2, 0.25) is 0 Å². The van der Waals surface area contributed by atoms with Crippen molar-refractivity contribution in [2.24, 2.45) is 0 Å². The van der Waals surface area contributed by atoms with Crippen LogP contribution in [0.3, 0.4) is 0 Å². The number of nitrogens with zero attached hydrogens (tertiary/aromatic N) is 1. The maximum atomic E-state index is 12.5. The van der Waals surface area contributed by atoms with Crippen LogP contribution in [0, 0.1) is 0 Å². The van der Waals surface area contributed by atoms with Crippen LogP contribution in [0.1, 0.15) is 11.1 Å². The number of allylic oxidation sites excluding steroid dienone is 2. The Balaban J connectivity index is 1.51. The van der Waals surface area contributed by atoms with Crippen LogP contribution in [-0.2, 0) is 16.0 Å². The monoisotopic (exact) mass is 408 g/mol. The molecular formula is C22H20N2O2S2. The van der Waals surface area contributed by atoms with Crippen molar-refractivity contribution in [1.29, 1.82) is 0 Å². The van der Waals surface area contributed by atoms with E-state index < -0.39 is 0 Å². The van der Waals surface area contributed by atoms with Crippen molar-refractivity contribution in [3.63, 3.8) is 0 Å². The number of thioether (sulfide) groups is 1. The van der Waals surface area contributed by atoms with Crippen molar-refractivity contribution in [1.82, 2.24) is 10.2 Å². The summed E-state index contributed by atoms with van der Waals surface area (Å²) in [6.45, 7) is 0.465. The van der Waals surface area contributed by atoms with Crippen LogP contribution in [0.4, 0.5) is 0 Å². The Labute approximate surface area is 174 Å². The average molecular weight is 409 g/mol. The Morgan fingerprint density at radius 3 is 2.46 bits per heavy atom. The third-order valence-electron chi connectivity index (χ3n) is 4.09. The van der Waals surface area contributed by atoms with Crippen LogP contribution in [0.15, 0.2) is 77.7 Å². The number of amides is 2. The second-order valence-electron chi connectivity index (χ2n) is 6.15. The second-order valence-corrected chi connectivity index (χ2v) is 7.82. The summed E-state index contributed by atoms with van der Waals surface area (Å²) in [6.07, 6.45) is 6.22. The van der Waals surface area contributed by atoms with Crippen LogP contribution in [-0.4, -0.2) is 34.1 Å². The van der Waals surface area contributed by atoms with E-state index in [0.717, 1.165) is 17.5 Å². The molecule has 28 heavy (non-hydrogen) atoms. The summed E-state index contributed by atoms with van der Waals surface area (Å²) in [5, 5.41) is 2.84. The number of hydrogen-bond acceptors (Lipinski definition) is 4. The van der Waals surface area contributed by atoms with Gasteiger partial charge in [0.25, 0.3) is 5.91 Å². The number of carbonyl (C=O) groups is 2. The van der Waals surface area contributed by atoms with Gasteiger partial charge < -0.3 is 5.32 Å². The van der Waals surface area contributed by atoms with Gasteiger partial charge in [-0.05, 0) is 23.6 Å². The summed E-state index contributed by atoms with van der Waals surface area (Å²) < 4.78 is 0.405. The summed E-state index contributed by atoms with van der Waals surface area (Å²) >= 11 is 6.49. The molecule has 2 amide bonds. The maximum absolute atomic E-state index is 12.5. The minimum atomic E-state index is -0.231. The molecule has 1 aliphatic rings. The summed E-state index contributed by atoms with van der Waals surface area (Å²) in [6, 6.07) is 19.7. The minimum absolute atomic E-state index is 0.0564. The van der Waals surface area contributed by atoms with Gasteiger partial charge in [-0.25, -0.2) is 0 Å². The highest BCUT2D eigenvalue weighted by atomic mass is 32.2. The molecule has 0 aromatic heterocycles. The lowest BCUT2D eigenvalue weighted by Gasteiger charge is -2.14. The van der Waals surface area contributed by atoms with Crippen LogP contribution < -0.4 is 5.32 Å². The van der Waals surface area contributed by atoms with Gasteiger partial charge in [0.15, 0.2) is 0 Å². The molecule has 1 aliphatic heterocycles. The molecular weight excluding hydrogens is 388 g/mol. The fourth-order valence-electron chi connectivity index (χ4n) is 2.65. The van der Waals surface area contributed by atoms with Gasteiger partial charge in [-0.1, -0.05) is 96.8 Å². The number of carbonyl (C=O) groups excluding carboxylic acids is 2. The molecule has 0 radical (unpaired) electrons. The summed E-state index contributed by atoms with van der Waals surface area (Å²) in [7, 11) is 0. The Kier molecular flexibility index (Phi) is 7.17. The van der Waals surface area contributed by atoms with E-state index in [2.05, 4.69) is 5.32 Å². The Morgan fingerprint density at radius 1 is 1.07 bits per heavy atom. The van der Waals surface area contributed by atoms with Gasteiger partial charge >= 0.3 is 0 Å². The molecule has 0 spiro atoms. The molecule has 0 bridgehead atoms. The lowest BCUT2D eigenvalue weighted by Crippen LogP contribution is -2.40. The predicted molar refractivity (Wildman–Crippen MR) is 119 cm³/mol. The van der Waals surface area contributed by atoms with E-state index in [-0.39, 0.29) is 18.4 Å². The molecule has 3 rings (SSSR count). The molecule has 6 heteroatoms. The summed E-state index contributed by atoms with van der Waals surface area (Å²) in [5.74, 6) is -0.445. The van der Waals surface area contributed by atoms with E-state index in [9.17, 15) is 9.59 Å². The molecule has 4 nitrogen and oxygen atoms in total. The zero-order chi connectivity index (χ0) is 19.8. The van der Waals surface area contributed by atoms with E-state index in [1.54, 1.807) is 6.08 Å². The number of hydrogen-bond donors (Lipinski definition) is 1. The third-order valence-corrected chi connectivity index (χ3v) is 5.49. The van der Waals surface area contributed by atoms with Crippen molar-refractivity contribution in [3.05, 3.63) is 88.8 Å². The largest absolute Gasteiger partial charge is 0.354 e. The highest BCUT2D eigenvalue weighted by Gasteiger charge is 2.32. The number of benzene rings is 2. The molecule has 0 unspecified atom stereocenters. The van der Waals surface area contributed by atoms with Crippen LogP contribution in [0.5, 0.6) is 0 Å². The average Bonchev–Trinajstić information content (AvgIpc) is 2.97. The van der Waals surface area contributed by atoms with Crippen molar-refractivity contribution in [2.75, 3.05) is 13.1 Å². The first kappa shape index (κ1) is 20.0. The molecule has 1 saturated heterocycles. The molecule has 2 aromatic carbocycles. The van der Waals surface area contributed by atoms with Gasteiger partial charge in [-0.2, -0.15) is 0 Å². The SMILES string of the molecule is O=C(CN1C(=O)C(=CC=Cc2ccccc2)SC1=S)NCCc1ccccc1. The molecule has 0 saturated carbocycles. The molecule has 1 fully saturated rings. The minimum Gasteiger partial charge on any atom is -0.354 e. The topological polar surface area (TPSA) is 49.4 Å². The first-order valence-electron chi connectivity index (χ1n) is 8.91. The normalized spacial score (nSPS) is 15.6. The van der Waals surface area contributed by atoms with Gasteiger partial charge in [0, 0.05) is 6.54 Å². The number of nitrogens with one attached hydrogen (secondary N) is 1. The number of thiocarbonyl (C=S) groups is 1. The van der Waals surface area contributed by atoms with E-state index in [1.807, 2.05) is 72.8 Å². The summed E-state index contributed by atoms with van der Waals surface area (Å²) in [5.41, 5.74) is 2.20. The molecule has 0 atom stereocenters. The van der Waals surface area contributed by atoms with Crippen molar-refractivity contribution >= 4 is 46.2 Å². The van der Waals surface area contributed by atoms with E-state index in [4.69, 9.17) is 12.2 Å². The van der Waals surface area contributed by atoms with Crippen molar-refractivity contribution in [3.8, 4) is 0 Å². The Morgan fingerprint density at radius 2 is 1.75 bits per heavy atom. The number of rotatable bonds is 7. The zero-order valence-electron chi connectivity index (χ0n) is 15.2. The first-order chi connectivity index (χ1) is 13.6. The molecule has 142 valence electrons. The Hall–Kier alpha value is -2.70. The third kappa shape index (κ3) is 5.65. The van der Waals surface area contributed by atoms with E-state index in [1.165, 1.54) is 16.7 Å². The van der Waals surface area contributed by atoms with Gasteiger partial charge in [0.2, 0.25) is 5.91 Å². The van der Waals surface area contributed by atoms with E-state index >= 15 is 0 Å².